The van der Waals surface area contributed by atoms with Crippen LogP contribution in [-0.2, 0) is 0 Å². The van der Waals surface area contributed by atoms with Gasteiger partial charge in [-0.15, -0.1) is 0 Å². The Morgan fingerprint density at radius 2 is 1.70 bits per heavy atom. The maximum atomic E-state index is 12.2. The van der Waals surface area contributed by atoms with E-state index in [0.717, 1.165) is 23.7 Å². The van der Waals surface area contributed by atoms with Crippen LogP contribution in [0.3, 0.4) is 0 Å². The van der Waals surface area contributed by atoms with Crippen LogP contribution in [-0.4, -0.2) is 11.7 Å². The standard InChI is InChI=1S/C19H21ClO2S/c1-2-3-4-5-14-22-17-10-6-15(7-11-17)19(21)23-18-12-8-16(20)9-13-18/h6-13H,2-5,14H2,1H3. The Morgan fingerprint density at radius 1 is 1.00 bits per heavy atom. The minimum Gasteiger partial charge on any atom is -0.494 e. The first-order valence-electron chi connectivity index (χ1n) is 7.89. The Hall–Kier alpha value is -1.45. The number of carbonyl (C=O) groups excluding carboxylic acids is 1. The highest BCUT2D eigenvalue weighted by Gasteiger charge is 2.08. The zero-order valence-electron chi connectivity index (χ0n) is 13.3. The summed E-state index contributed by atoms with van der Waals surface area (Å²) in [6, 6.07) is 14.6. The van der Waals surface area contributed by atoms with Crippen LogP contribution in [0.2, 0.25) is 5.02 Å². The van der Waals surface area contributed by atoms with Crippen molar-refractivity contribution in [3.63, 3.8) is 0 Å². The van der Waals surface area contributed by atoms with E-state index in [2.05, 4.69) is 6.92 Å². The molecule has 2 aromatic carbocycles. The van der Waals surface area contributed by atoms with Gasteiger partial charge in [0.25, 0.3) is 0 Å². The molecule has 0 N–H and O–H groups in total. The van der Waals surface area contributed by atoms with E-state index >= 15 is 0 Å². The third-order valence-electron chi connectivity index (χ3n) is 3.38. The maximum Gasteiger partial charge on any atom is 0.224 e. The maximum absolute atomic E-state index is 12.2. The SMILES string of the molecule is CCCCCCOc1ccc(C(=O)Sc2ccc(Cl)cc2)cc1. The van der Waals surface area contributed by atoms with Crippen LogP contribution in [0.1, 0.15) is 43.0 Å². The molecular formula is C19H21ClO2S. The van der Waals surface area contributed by atoms with Gasteiger partial charge in [-0.3, -0.25) is 4.79 Å². The van der Waals surface area contributed by atoms with Crippen molar-refractivity contribution >= 4 is 28.5 Å². The average molecular weight is 349 g/mol. The predicted octanol–water partition coefficient (Wildman–Crippen LogP) is 6.23. The third-order valence-corrected chi connectivity index (χ3v) is 4.56. The molecular weight excluding hydrogens is 328 g/mol. The van der Waals surface area contributed by atoms with E-state index in [-0.39, 0.29) is 5.12 Å². The molecule has 4 heteroatoms. The number of benzene rings is 2. The van der Waals surface area contributed by atoms with Crippen LogP contribution in [0.25, 0.3) is 0 Å². The summed E-state index contributed by atoms with van der Waals surface area (Å²) in [6.07, 6.45) is 4.74. The second kappa shape index (κ2) is 9.64. The van der Waals surface area contributed by atoms with Crippen molar-refractivity contribution in [2.45, 2.75) is 37.5 Å². The number of rotatable bonds is 8. The summed E-state index contributed by atoms with van der Waals surface area (Å²) in [4.78, 5) is 13.1. The number of thioether (sulfide) groups is 1. The smallest absolute Gasteiger partial charge is 0.224 e. The normalized spacial score (nSPS) is 10.5. The van der Waals surface area contributed by atoms with Gasteiger partial charge < -0.3 is 4.74 Å². The number of ether oxygens (including phenoxy) is 1. The number of hydrogen-bond acceptors (Lipinski definition) is 3. The summed E-state index contributed by atoms with van der Waals surface area (Å²) in [7, 11) is 0. The lowest BCUT2D eigenvalue weighted by atomic mass is 10.2. The molecule has 0 aromatic heterocycles. The van der Waals surface area contributed by atoms with E-state index in [0.29, 0.717) is 10.6 Å². The predicted molar refractivity (Wildman–Crippen MR) is 97.7 cm³/mol. The molecule has 0 saturated heterocycles. The number of halogens is 1. The van der Waals surface area contributed by atoms with Gasteiger partial charge in [0, 0.05) is 15.5 Å². The molecule has 0 aliphatic rings. The molecule has 2 aromatic rings. The lowest BCUT2D eigenvalue weighted by molar-refractivity contribution is 0.108. The van der Waals surface area contributed by atoms with E-state index in [4.69, 9.17) is 16.3 Å². The summed E-state index contributed by atoms with van der Waals surface area (Å²) >= 11 is 7.04. The minimum atomic E-state index is 0.0156. The van der Waals surface area contributed by atoms with Crippen molar-refractivity contribution in [2.24, 2.45) is 0 Å². The van der Waals surface area contributed by atoms with Crippen molar-refractivity contribution in [1.82, 2.24) is 0 Å². The van der Waals surface area contributed by atoms with Crippen molar-refractivity contribution in [3.8, 4) is 5.75 Å². The fourth-order valence-corrected chi connectivity index (χ4v) is 2.94. The highest BCUT2D eigenvalue weighted by molar-refractivity contribution is 8.14. The third kappa shape index (κ3) is 6.28. The Kier molecular flexibility index (Phi) is 7.50. The Morgan fingerprint density at radius 3 is 2.35 bits per heavy atom. The summed E-state index contributed by atoms with van der Waals surface area (Å²) in [6.45, 7) is 2.92. The van der Waals surface area contributed by atoms with Crippen LogP contribution in [0.5, 0.6) is 5.75 Å². The van der Waals surface area contributed by atoms with Gasteiger partial charge in [-0.05, 0) is 66.7 Å². The van der Waals surface area contributed by atoms with Gasteiger partial charge in [0.15, 0.2) is 0 Å². The lowest BCUT2D eigenvalue weighted by Crippen LogP contribution is -1.98. The first kappa shape index (κ1) is 17.9. The molecule has 0 spiro atoms. The topological polar surface area (TPSA) is 26.3 Å². The van der Waals surface area contributed by atoms with Gasteiger partial charge >= 0.3 is 0 Å². The van der Waals surface area contributed by atoms with Crippen LogP contribution < -0.4 is 4.74 Å². The highest BCUT2D eigenvalue weighted by Crippen LogP contribution is 2.25. The van der Waals surface area contributed by atoms with Crippen LogP contribution in [0.4, 0.5) is 0 Å². The molecule has 0 amide bonds. The molecule has 0 unspecified atom stereocenters. The molecule has 0 radical (unpaired) electrons. The monoisotopic (exact) mass is 348 g/mol. The van der Waals surface area contributed by atoms with E-state index in [9.17, 15) is 4.79 Å². The first-order valence-corrected chi connectivity index (χ1v) is 9.09. The fraction of sp³-hybridized carbons (Fsp3) is 0.316. The quantitative estimate of drug-likeness (QED) is 0.417. The van der Waals surface area contributed by atoms with E-state index in [1.165, 1.54) is 31.0 Å². The van der Waals surface area contributed by atoms with Gasteiger partial charge in [0.2, 0.25) is 5.12 Å². The molecule has 2 nitrogen and oxygen atoms in total. The summed E-state index contributed by atoms with van der Waals surface area (Å²) < 4.78 is 5.69. The number of hydrogen-bond donors (Lipinski definition) is 0. The Balaban J connectivity index is 1.83. The molecule has 0 saturated carbocycles. The van der Waals surface area contributed by atoms with Crippen LogP contribution in [0, 0.1) is 0 Å². The first-order chi connectivity index (χ1) is 11.2. The fourth-order valence-electron chi connectivity index (χ4n) is 2.07. The zero-order valence-corrected chi connectivity index (χ0v) is 14.8. The second-order valence-electron chi connectivity index (χ2n) is 5.28. The lowest BCUT2D eigenvalue weighted by Gasteiger charge is -2.07. The van der Waals surface area contributed by atoms with Gasteiger partial charge in [0.05, 0.1) is 6.61 Å². The van der Waals surface area contributed by atoms with Gasteiger partial charge in [-0.1, -0.05) is 37.8 Å². The van der Waals surface area contributed by atoms with Gasteiger partial charge in [-0.2, -0.15) is 0 Å². The van der Waals surface area contributed by atoms with Crippen LogP contribution >= 0.6 is 23.4 Å². The second-order valence-corrected chi connectivity index (χ2v) is 6.76. The van der Waals surface area contributed by atoms with E-state index in [1.807, 2.05) is 36.4 Å². The molecule has 0 heterocycles. The zero-order chi connectivity index (χ0) is 16.5. The summed E-state index contributed by atoms with van der Waals surface area (Å²) in [5, 5.41) is 0.684. The van der Waals surface area contributed by atoms with Crippen molar-refractivity contribution < 1.29 is 9.53 Å². The number of unbranched alkanes of at least 4 members (excludes halogenated alkanes) is 3. The molecule has 0 atom stereocenters. The van der Waals surface area contributed by atoms with Gasteiger partial charge in [-0.25, -0.2) is 0 Å². The molecule has 122 valence electrons. The largest absolute Gasteiger partial charge is 0.494 e. The minimum absolute atomic E-state index is 0.0156. The van der Waals surface area contributed by atoms with Crippen molar-refractivity contribution in [1.29, 1.82) is 0 Å². The van der Waals surface area contributed by atoms with E-state index in [1.54, 1.807) is 12.1 Å². The van der Waals surface area contributed by atoms with Gasteiger partial charge in [0.1, 0.15) is 5.75 Å². The van der Waals surface area contributed by atoms with Crippen LogP contribution in [0.15, 0.2) is 53.4 Å². The Labute approximate surface area is 147 Å². The molecule has 2 rings (SSSR count). The van der Waals surface area contributed by atoms with E-state index < -0.39 is 0 Å². The molecule has 0 bridgehead atoms. The molecule has 0 fully saturated rings. The number of carbonyl (C=O) groups is 1. The molecule has 23 heavy (non-hydrogen) atoms. The molecule has 0 aliphatic heterocycles. The van der Waals surface area contributed by atoms with Crippen molar-refractivity contribution in [2.75, 3.05) is 6.61 Å². The summed E-state index contributed by atoms with van der Waals surface area (Å²) in [5.74, 6) is 0.814. The highest BCUT2D eigenvalue weighted by atomic mass is 35.5. The van der Waals surface area contributed by atoms with Crippen molar-refractivity contribution in [3.05, 3.63) is 59.1 Å². The molecule has 0 aliphatic carbocycles. The Bertz CT molecular complexity index is 608. The average Bonchev–Trinajstić information content (AvgIpc) is 2.57. The summed E-state index contributed by atoms with van der Waals surface area (Å²) in [5.41, 5.74) is 0.670.